The maximum atomic E-state index is 11.5. The Bertz CT molecular complexity index is 646. The zero-order valence-corrected chi connectivity index (χ0v) is 13.1. The number of carbonyl (C=O) groups is 1. The van der Waals surface area contributed by atoms with Crippen LogP contribution < -0.4 is 5.32 Å². The molecule has 20 heavy (non-hydrogen) atoms. The highest BCUT2D eigenvalue weighted by Crippen LogP contribution is 2.28. The summed E-state index contributed by atoms with van der Waals surface area (Å²) in [7, 11) is 0. The summed E-state index contributed by atoms with van der Waals surface area (Å²) in [5.74, 6) is -0.929. The van der Waals surface area contributed by atoms with Crippen LogP contribution in [0.2, 0.25) is 5.02 Å². The molecule has 2 aromatic carbocycles. The van der Waals surface area contributed by atoms with E-state index in [4.69, 9.17) is 11.6 Å². The highest BCUT2D eigenvalue weighted by Gasteiger charge is 2.19. The van der Waals surface area contributed by atoms with E-state index in [-0.39, 0.29) is 0 Å². The van der Waals surface area contributed by atoms with Gasteiger partial charge in [-0.05, 0) is 46.6 Å². The van der Waals surface area contributed by atoms with Crippen LogP contribution in [-0.4, -0.2) is 11.1 Å². The van der Waals surface area contributed by atoms with Crippen molar-refractivity contribution in [2.45, 2.75) is 13.0 Å². The Hall–Kier alpha value is -1.52. The number of hydrogen-bond acceptors (Lipinski definition) is 2. The molecule has 2 N–H and O–H groups in total. The van der Waals surface area contributed by atoms with Gasteiger partial charge in [0.1, 0.15) is 0 Å². The minimum atomic E-state index is -0.929. The van der Waals surface area contributed by atoms with Gasteiger partial charge in [0.2, 0.25) is 0 Å². The van der Waals surface area contributed by atoms with Crippen molar-refractivity contribution in [3.63, 3.8) is 0 Å². The molecule has 2 rings (SSSR count). The van der Waals surface area contributed by atoms with Gasteiger partial charge in [-0.25, -0.2) is 4.79 Å². The lowest BCUT2D eigenvalue weighted by atomic mass is 10.0. The topological polar surface area (TPSA) is 49.3 Å². The van der Waals surface area contributed by atoms with E-state index in [1.807, 2.05) is 25.1 Å². The zero-order valence-electron chi connectivity index (χ0n) is 10.7. The Morgan fingerprint density at radius 3 is 2.65 bits per heavy atom. The average Bonchev–Trinajstić information content (AvgIpc) is 2.39. The van der Waals surface area contributed by atoms with Crippen LogP contribution in [0.3, 0.4) is 0 Å². The van der Waals surface area contributed by atoms with Crippen LogP contribution in [0.4, 0.5) is 5.69 Å². The molecule has 0 radical (unpaired) electrons. The van der Waals surface area contributed by atoms with Gasteiger partial charge >= 0.3 is 5.97 Å². The molecular formula is C15H13BrClNO2. The second kappa shape index (κ2) is 6.29. The van der Waals surface area contributed by atoms with Crippen molar-refractivity contribution in [2.24, 2.45) is 0 Å². The molecule has 0 saturated heterocycles. The normalized spacial score (nSPS) is 11.9. The standard InChI is InChI=1S/C15H13BrClNO2/c1-9-3-2-4-10(7-9)14(15(19)20)18-11-5-6-13(17)12(16)8-11/h2-8,14,18H,1H3,(H,19,20). The van der Waals surface area contributed by atoms with E-state index in [1.165, 1.54) is 0 Å². The fourth-order valence-corrected chi connectivity index (χ4v) is 2.39. The van der Waals surface area contributed by atoms with E-state index >= 15 is 0 Å². The monoisotopic (exact) mass is 353 g/mol. The molecule has 0 heterocycles. The quantitative estimate of drug-likeness (QED) is 0.840. The summed E-state index contributed by atoms with van der Waals surface area (Å²) in [5, 5.41) is 13.0. The van der Waals surface area contributed by atoms with Crippen molar-refractivity contribution < 1.29 is 9.90 Å². The molecule has 1 atom stereocenters. The molecule has 0 aliphatic carbocycles. The van der Waals surface area contributed by atoms with Crippen molar-refractivity contribution in [2.75, 3.05) is 5.32 Å². The predicted octanol–water partition coefficient (Wildman–Crippen LogP) is 4.65. The van der Waals surface area contributed by atoms with Crippen LogP contribution in [0.1, 0.15) is 17.2 Å². The lowest BCUT2D eigenvalue weighted by molar-refractivity contribution is -0.138. The van der Waals surface area contributed by atoms with Crippen LogP contribution in [0, 0.1) is 6.92 Å². The van der Waals surface area contributed by atoms with Crippen molar-refractivity contribution in [3.05, 3.63) is 63.1 Å². The fraction of sp³-hybridized carbons (Fsp3) is 0.133. The third-order valence-corrected chi connectivity index (χ3v) is 4.07. The van der Waals surface area contributed by atoms with Crippen LogP contribution in [0.25, 0.3) is 0 Å². The van der Waals surface area contributed by atoms with E-state index in [9.17, 15) is 9.90 Å². The molecule has 0 bridgehead atoms. The van der Waals surface area contributed by atoms with E-state index in [0.717, 1.165) is 10.0 Å². The van der Waals surface area contributed by atoms with Gasteiger partial charge in [0.15, 0.2) is 6.04 Å². The predicted molar refractivity (Wildman–Crippen MR) is 84.3 cm³/mol. The molecule has 5 heteroatoms. The van der Waals surface area contributed by atoms with E-state index in [2.05, 4.69) is 21.2 Å². The Morgan fingerprint density at radius 2 is 2.05 bits per heavy atom. The van der Waals surface area contributed by atoms with Crippen LogP contribution in [-0.2, 0) is 4.79 Å². The first-order valence-corrected chi connectivity index (χ1v) is 7.15. The second-order valence-electron chi connectivity index (χ2n) is 4.46. The van der Waals surface area contributed by atoms with Crippen molar-refractivity contribution in [1.82, 2.24) is 0 Å². The Kier molecular flexibility index (Phi) is 4.68. The Morgan fingerprint density at radius 1 is 1.30 bits per heavy atom. The minimum absolute atomic E-state index is 0.581. The van der Waals surface area contributed by atoms with Crippen molar-refractivity contribution >= 4 is 39.2 Å². The fourth-order valence-electron chi connectivity index (χ4n) is 1.89. The summed E-state index contributed by atoms with van der Waals surface area (Å²) in [6.45, 7) is 1.93. The van der Waals surface area contributed by atoms with Gasteiger partial charge in [-0.1, -0.05) is 41.4 Å². The number of benzene rings is 2. The molecule has 0 saturated carbocycles. The summed E-state index contributed by atoms with van der Waals surface area (Å²) in [6, 6.07) is 11.8. The van der Waals surface area contributed by atoms with Crippen LogP contribution in [0.5, 0.6) is 0 Å². The zero-order chi connectivity index (χ0) is 14.7. The number of aliphatic carboxylic acids is 1. The highest BCUT2D eigenvalue weighted by molar-refractivity contribution is 9.10. The smallest absolute Gasteiger partial charge is 0.330 e. The first-order valence-electron chi connectivity index (χ1n) is 5.98. The van der Waals surface area contributed by atoms with Gasteiger partial charge < -0.3 is 10.4 Å². The molecule has 0 aliphatic heterocycles. The first kappa shape index (κ1) is 14.9. The SMILES string of the molecule is Cc1cccc(C(Nc2ccc(Cl)c(Br)c2)C(=O)O)c1. The highest BCUT2D eigenvalue weighted by atomic mass is 79.9. The lowest BCUT2D eigenvalue weighted by Gasteiger charge is -2.17. The first-order chi connectivity index (χ1) is 9.47. The van der Waals surface area contributed by atoms with Gasteiger partial charge in [0, 0.05) is 10.2 Å². The van der Waals surface area contributed by atoms with Gasteiger partial charge in [0.25, 0.3) is 0 Å². The Labute approximate surface area is 130 Å². The second-order valence-corrected chi connectivity index (χ2v) is 5.72. The number of aryl methyl sites for hydroxylation is 1. The molecular weight excluding hydrogens is 342 g/mol. The number of halogens is 2. The molecule has 0 spiro atoms. The summed E-state index contributed by atoms with van der Waals surface area (Å²) >= 11 is 9.25. The third kappa shape index (κ3) is 3.52. The summed E-state index contributed by atoms with van der Waals surface area (Å²) in [5.41, 5.74) is 2.42. The van der Waals surface area contributed by atoms with E-state index in [0.29, 0.717) is 16.3 Å². The van der Waals surface area contributed by atoms with Gasteiger partial charge in [-0.15, -0.1) is 0 Å². The molecule has 104 valence electrons. The number of carboxylic acids is 1. The van der Waals surface area contributed by atoms with Crippen LogP contribution >= 0.6 is 27.5 Å². The molecule has 0 fully saturated rings. The van der Waals surface area contributed by atoms with Crippen molar-refractivity contribution in [3.8, 4) is 0 Å². The van der Waals surface area contributed by atoms with E-state index in [1.54, 1.807) is 24.3 Å². The number of rotatable bonds is 4. The number of anilines is 1. The third-order valence-electron chi connectivity index (χ3n) is 2.85. The van der Waals surface area contributed by atoms with Gasteiger partial charge in [-0.2, -0.15) is 0 Å². The number of carboxylic acid groups (broad SMARTS) is 1. The molecule has 0 aromatic heterocycles. The maximum absolute atomic E-state index is 11.5. The largest absolute Gasteiger partial charge is 0.479 e. The average molecular weight is 355 g/mol. The minimum Gasteiger partial charge on any atom is -0.479 e. The maximum Gasteiger partial charge on any atom is 0.330 e. The molecule has 0 aliphatic rings. The molecule has 2 aromatic rings. The molecule has 1 unspecified atom stereocenters. The summed E-state index contributed by atoms with van der Waals surface area (Å²) < 4.78 is 0.720. The molecule has 3 nitrogen and oxygen atoms in total. The molecule has 0 amide bonds. The summed E-state index contributed by atoms with van der Waals surface area (Å²) in [6.07, 6.45) is 0. The van der Waals surface area contributed by atoms with Crippen LogP contribution in [0.15, 0.2) is 46.9 Å². The Balaban J connectivity index is 2.30. The van der Waals surface area contributed by atoms with E-state index < -0.39 is 12.0 Å². The summed E-state index contributed by atoms with van der Waals surface area (Å²) in [4.78, 5) is 11.5. The lowest BCUT2D eigenvalue weighted by Crippen LogP contribution is -2.20. The number of nitrogens with one attached hydrogen (secondary N) is 1. The van der Waals surface area contributed by atoms with Gasteiger partial charge in [0.05, 0.1) is 5.02 Å². The number of hydrogen-bond donors (Lipinski definition) is 2. The van der Waals surface area contributed by atoms with Crippen molar-refractivity contribution in [1.29, 1.82) is 0 Å². The van der Waals surface area contributed by atoms with Gasteiger partial charge in [-0.3, -0.25) is 0 Å².